The molecule has 1 aliphatic heterocycles. The molecule has 0 aromatic heterocycles. The monoisotopic (exact) mass is 508 g/mol. The van der Waals surface area contributed by atoms with Crippen molar-refractivity contribution in [1.29, 1.82) is 0 Å². The number of benzene rings is 2. The van der Waals surface area contributed by atoms with E-state index in [0.717, 1.165) is 11.4 Å². The van der Waals surface area contributed by atoms with Gasteiger partial charge in [0.25, 0.3) is 5.69 Å². The van der Waals surface area contributed by atoms with Crippen molar-refractivity contribution >= 4 is 28.8 Å². The van der Waals surface area contributed by atoms with Crippen LogP contribution in [0.4, 0.5) is 17.1 Å². The van der Waals surface area contributed by atoms with Crippen LogP contribution in [-0.2, 0) is 19.1 Å². The van der Waals surface area contributed by atoms with Crippen molar-refractivity contribution in [2.45, 2.75) is 39.0 Å². The van der Waals surface area contributed by atoms with Gasteiger partial charge in [-0.3, -0.25) is 19.7 Å². The largest absolute Gasteiger partial charge is 0.357 e. The van der Waals surface area contributed by atoms with Crippen LogP contribution in [0, 0.1) is 15.5 Å². The van der Waals surface area contributed by atoms with Crippen molar-refractivity contribution in [1.82, 2.24) is 5.32 Å². The number of anilines is 2. The minimum Gasteiger partial charge on any atom is -0.357 e. The summed E-state index contributed by atoms with van der Waals surface area (Å²) in [5, 5.41) is 17.9. The summed E-state index contributed by atoms with van der Waals surface area (Å²) in [6.45, 7) is 4.13. The Morgan fingerprint density at radius 1 is 1.19 bits per heavy atom. The number of non-ortho nitro benzene ring substituents is 1. The molecule has 1 amide bonds. The van der Waals surface area contributed by atoms with Gasteiger partial charge in [0.05, 0.1) is 35.4 Å². The Morgan fingerprint density at radius 2 is 1.92 bits per heavy atom. The number of ether oxygens (including phenoxy) is 2. The number of fused-ring (bicyclic) bond motifs is 1. The summed E-state index contributed by atoms with van der Waals surface area (Å²) in [6, 6.07) is 13.1. The van der Waals surface area contributed by atoms with Gasteiger partial charge in [0.1, 0.15) is 0 Å². The van der Waals surface area contributed by atoms with Crippen LogP contribution in [0.1, 0.15) is 38.3 Å². The lowest BCUT2D eigenvalue weighted by Gasteiger charge is -2.37. The lowest BCUT2D eigenvalue weighted by Crippen LogP contribution is -2.44. The van der Waals surface area contributed by atoms with Crippen LogP contribution in [0.5, 0.6) is 0 Å². The molecule has 1 heterocycles. The van der Waals surface area contributed by atoms with E-state index in [0.29, 0.717) is 29.7 Å². The molecule has 1 unspecified atom stereocenters. The number of amides is 1. The SMILES string of the molecule is COC(CNC(=O)CN1c2ccccc2NC2=C(C(=O)CC(C)(C)C2)C1c1cccc([N+](=O)[O-])c1)OC. The molecule has 2 aromatic carbocycles. The van der Waals surface area contributed by atoms with E-state index in [2.05, 4.69) is 10.6 Å². The van der Waals surface area contributed by atoms with Gasteiger partial charge in [-0.05, 0) is 29.5 Å². The molecule has 37 heavy (non-hydrogen) atoms. The molecular formula is C27H32N4O6. The van der Waals surface area contributed by atoms with Crippen LogP contribution in [-0.4, -0.2) is 50.2 Å². The van der Waals surface area contributed by atoms with Crippen molar-refractivity contribution in [3.8, 4) is 0 Å². The molecule has 1 atom stereocenters. The second-order valence-corrected chi connectivity index (χ2v) is 10.1. The predicted octanol–water partition coefficient (Wildman–Crippen LogP) is 3.95. The van der Waals surface area contributed by atoms with Crippen LogP contribution in [0.25, 0.3) is 0 Å². The molecule has 0 bridgehead atoms. The molecule has 196 valence electrons. The summed E-state index contributed by atoms with van der Waals surface area (Å²) in [4.78, 5) is 39.8. The van der Waals surface area contributed by atoms with E-state index in [4.69, 9.17) is 9.47 Å². The number of hydrogen-bond acceptors (Lipinski definition) is 8. The smallest absolute Gasteiger partial charge is 0.269 e. The Bertz CT molecular complexity index is 1240. The molecule has 2 aliphatic rings. The average Bonchev–Trinajstić information content (AvgIpc) is 2.98. The summed E-state index contributed by atoms with van der Waals surface area (Å²) >= 11 is 0. The quantitative estimate of drug-likeness (QED) is 0.312. The Labute approximate surface area is 215 Å². The molecule has 0 saturated heterocycles. The highest BCUT2D eigenvalue weighted by Crippen LogP contribution is 2.48. The molecular weight excluding hydrogens is 476 g/mol. The summed E-state index contributed by atoms with van der Waals surface area (Å²) < 4.78 is 10.3. The maximum absolute atomic E-state index is 13.7. The second-order valence-electron chi connectivity index (χ2n) is 10.1. The molecule has 10 nitrogen and oxygen atoms in total. The number of ketones is 1. The number of rotatable bonds is 8. The highest BCUT2D eigenvalue weighted by molar-refractivity contribution is 6.02. The van der Waals surface area contributed by atoms with Gasteiger partial charge in [-0.15, -0.1) is 0 Å². The van der Waals surface area contributed by atoms with Crippen LogP contribution < -0.4 is 15.5 Å². The van der Waals surface area contributed by atoms with E-state index < -0.39 is 17.3 Å². The van der Waals surface area contributed by atoms with E-state index in [1.807, 2.05) is 43.0 Å². The van der Waals surface area contributed by atoms with Gasteiger partial charge in [-0.1, -0.05) is 38.1 Å². The lowest BCUT2D eigenvalue weighted by atomic mass is 9.73. The number of nitrogens with zero attached hydrogens (tertiary/aromatic N) is 2. The number of methoxy groups -OCH3 is 2. The molecule has 0 spiro atoms. The third-order valence-corrected chi connectivity index (χ3v) is 6.71. The molecule has 0 saturated carbocycles. The minimum atomic E-state index is -0.707. The first-order valence-corrected chi connectivity index (χ1v) is 12.1. The third kappa shape index (κ3) is 5.65. The summed E-state index contributed by atoms with van der Waals surface area (Å²) in [7, 11) is 2.97. The first kappa shape index (κ1) is 26.3. The van der Waals surface area contributed by atoms with Crippen molar-refractivity contribution in [3.63, 3.8) is 0 Å². The molecule has 2 aromatic rings. The van der Waals surface area contributed by atoms with Gasteiger partial charge >= 0.3 is 0 Å². The van der Waals surface area contributed by atoms with Gasteiger partial charge < -0.3 is 25.0 Å². The van der Waals surface area contributed by atoms with Crippen molar-refractivity contribution < 1.29 is 24.0 Å². The van der Waals surface area contributed by atoms with Crippen LogP contribution in [0.3, 0.4) is 0 Å². The van der Waals surface area contributed by atoms with E-state index in [-0.39, 0.29) is 35.9 Å². The topological polar surface area (TPSA) is 123 Å². The van der Waals surface area contributed by atoms with Crippen molar-refractivity contribution in [2.75, 3.05) is 37.5 Å². The van der Waals surface area contributed by atoms with Gasteiger partial charge in [-0.2, -0.15) is 0 Å². The second kappa shape index (κ2) is 10.7. The normalized spacial score (nSPS) is 18.6. The zero-order chi connectivity index (χ0) is 26.7. The fourth-order valence-electron chi connectivity index (χ4n) is 5.05. The number of nitrogens with one attached hydrogen (secondary N) is 2. The zero-order valence-electron chi connectivity index (χ0n) is 21.4. The third-order valence-electron chi connectivity index (χ3n) is 6.71. The number of nitro benzene ring substituents is 1. The Morgan fingerprint density at radius 3 is 2.62 bits per heavy atom. The molecule has 0 fully saturated rings. The number of para-hydroxylation sites is 2. The summed E-state index contributed by atoms with van der Waals surface area (Å²) in [5.74, 6) is -0.357. The Hall–Kier alpha value is -3.76. The zero-order valence-corrected chi connectivity index (χ0v) is 21.4. The highest BCUT2D eigenvalue weighted by Gasteiger charge is 2.42. The van der Waals surface area contributed by atoms with Crippen LogP contribution in [0.15, 0.2) is 59.8 Å². The fraction of sp³-hybridized carbons (Fsp3) is 0.407. The minimum absolute atomic E-state index is 0.0488. The molecule has 4 rings (SSSR count). The number of allylic oxidation sites excluding steroid dienone is 1. The van der Waals surface area contributed by atoms with Crippen molar-refractivity contribution in [3.05, 3.63) is 75.5 Å². The standard InChI is InChI=1S/C27H32N4O6/c1-27(2)13-20-25(22(32)14-27)26(17-8-7-9-18(12-17)31(34)35)30(21-11-6-5-10-19(21)29-20)16-23(33)28-15-24(36-3)37-4/h5-12,24,26,29H,13-16H2,1-4H3,(H,28,33). The van der Waals surface area contributed by atoms with Gasteiger partial charge in [0, 0.05) is 44.0 Å². The number of nitro groups is 1. The molecule has 2 N–H and O–H groups in total. The predicted molar refractivity (Wildman–Crippen MR) is 139 cm³/mol. The number of carbonyl (C=O) groups excluding carboxylic acids is 2. The molecule has 1 aliphatic carbocycles. The first-order chi connectivity index (χ1) is 17.6. The Balaban J connectivity index is 1.85. The molecule has 0 radical (unpaired) electrons. The van der Waals surface area contributed by atoms with E-state index >= 15 is 0 Å². The average molecular weight is 509 g/mol. The number of Topliss-reactive ketones (excluding diaryl/α,β-unsaturated/α-hetero) is 1. The van der Waals surface area contributed by atoms with E-state index in [1.165, 1.54) is 26.4 Å². The van der Waals surface area contributed by atoms with E-state index in [9.17, 15) is 19.7 Å². The summed E-state index contributed by atoms with van der Waals surface area (Å²) in [5.41, 5.74) is 2.99. The van der Waals surface area contributed by atoms with Crippen LogP contribution >= 0.6 is 0 Å². The fourth-order valence-corrected chi connectivity index (χ4v) is 5.05. The number of hydrogen-bond donors (Lipinski definition) is 2. The highest BCUT2D eigenvalue weighted by atomic mass is 16.7. The van der Waals surface area contributed by atoms with Crippen LogP contribution in [0.2, 0.25) is 0 Å². The number of carbonyl (C=O) groups is 2. The maximum atomic E-state index is 13.7. The Kier molecular flexibility index (Phi) is 7.60. The first-order valence-electron chi connectivity index (χ1n) is 12.1. The van der Waals surface area contributed by atoms with Gasteiger partial charge in [0.15, 0.2) is 12.1 Å². The maximum Gasteiger partial charge on any atom is 0.269 e. The lowest BCUT2D eigenvalue weighted by molar-refractivity contribution is -0.384. The van der Waals surface area contributed by atoms with Gasteiger partial charge in [0.2, 0.25) is 5.91 Å². The summed E-state index contributed by atoms with van der Waals surface area (Å²) in [6.07, 6.45) is 0.349. The molecule has 10 heteroatoms. The van der Waals surface area contributed by atoms with Gasteiger partial charge in [-0.25, -0.2) is 0 Å². The van der Waals surface area contributed by atoms with Crippen molar-refractivity contribution in [2.24, 2.45) is 5.41 Å². The van der Waals surface area contributed by atoms with E-state index in [1.54, 1.807) is 12.1 Å².